The summed E-state index contributed by atoms with van der Waals surface area (Å²) in [5.74, 6) is 2.32. The van der Waals surface area contributed by atoms with E-state index in [9.17, 15) is 4.79 Å². The molecule has 1 saturated heterocycles. The lowest BCUT2D eigenvalue weighted by atomic mass is 10.0. The molecular weight excluding hydrogens is 188 g/mol. The van der Waals surface area contributed by atoms with E-state index in [1.807, 2.05) is 4.90 Å². The van der Waals surface area contributed by atoms with Crippen molar-refractivity contribution in [3.63, 3.8) is 0 Å². The van der Waals surface area contributed by atoms with Crippen LogP contribution in [0.15, 0.2) is 0 Å². The van der Waals surface area contributed by atoms with E-state index in [1.54, 1.807) is 0 Å². The number of nitriles is 1. The third-order valence-corrected chi connectivity index (χ3v) is 3.88. The highest BCUT2D eigenvalue weighted by molar-refractivity contribution is 5.83. The Labute approximate surface area is 91.1 Å². The summed E-state index contributed by atoms with van der Waals surface area (Å²) in [4.78, 5) is 13.8. The quantitative estimate of drug-likeness (QED) is 0.687. The van der Waals surface area contributed by atoms with Crippen LogP contribution in [0, 0.1) is 40.9 Å². The van der Waals surface area contributed by atoms with Gasteiger partial charge in [0.15, 0.2) is 0 Å². The first-order chi connectivity index (χ1) is 7.06. The molecule has 15 heavy (non-hydrogen) atoms. The Morgan fingerprint density at radius 3 is 2.47 bits per heavy atom. The maximum atomic E-state index is 12.0. The lowest BCUT2D eigenvalue weighted by Gasteiger charge is -2.35. The number of likely N-dealkylation sites (tertiary alicyclic amines) is 1. The Hall–Kier alpha value is -1.04. The van der Waals surface area contributed by atoms with Crippen LogP contribution in [-0.2, 0) is 4.79 Å². The van der Waals surface area contributed by atoms with Crippen molar-refractivity contribution < 1.29 is 4.79 Å². The second kappa shape index (κ2) is 3.52. The molecule has 3 atom stereocenters. The van der Waals surface area contributed by atoms with Crippen molar-refractivity contribution in [2.45, 2.75) is 20.8 Å². The van der Waals surface area contributed by atoms with Gasteiger partial charge < -0.3 is 4.90 Å². The zero-order chi connectivity index (χ0) is 11.2. The molecule has 1 heterocycles. The Kier molecular flexibility index (Phi) is 2.46. The predicted octanol–water partition coefficient (Wildman–Crippen LogP) is 1.51. The number of carbonyl (C=O) groups excluding carboxylic acids is 1. The molecule has 0 spiro atoms. The largest absolute Gasteiger partial charge is 0.340 e. The molecule has 0 aromatic heterocycles. The standard InChI is InChI=1S/C12H18N2O/c1-7(2)10-8(3)11(10)12(15)14-5-9(4-13)6-14/h7-11H,5-6H2,1-3H3. The average Bonchev–Trinajstić information content (AvgIpc) is 2.75. The summed E-state index contributed by atoms with van der Waals surface area (Å²) in [6.45, 7) is 7.84. The fraction of sp³-hybridized carbons (Fsp3) is 0.833. The molecule has 82 valence electrons. The van der Waals surface area contributed by atoms with Gasteiger partial charge in [0.1, 0.15) is 0 Å². The van der Waals surface area contributed by atoms with Gasteiger partial charge in [0.2, 0.25) is 5.91 Å². The topological polar surface area (TPSA) is 44.1 Å². The maximum Gasteiger partial charge on any atom is 0.226 e. The van der Waals surface area contributed by atoms with Crippen molar-refractivity contribution in [3.05, 3.63) is 0 Å². The highest BCUT2D eigenvalue weighted by atomic mass is 16.2. The minimum Gasteiger partial charge on any atom is -0.340 e. The monoisotopic (exact) mass is 206 g/mol. The van der Waals surface area contributed by atoms with Crippen molar-refractivity contribution in [2.75, 3.05) is 13.1 Å². The first kappa shape index (κ1) is 10.5. The first-order valence-corrected chi connectivity index (χ1v) is 5.74. The first-order valence-electron chi connectivity index (χ1n) is 5.74. The average molecular weight is 206 g/mol. The van der Waals surface area contributed by atoms with E-state index in [1.165, 1.54) is 0 Å². The minimum absolute atomic E-state index is 0.0838. The highest BCUT2D eigenvalue weighted by Gasteiger charge is 2.55. The van der Waals surface area contributed by atoms with E-state index in [0.29, 0.717) is 30.8 Å². The van der Waals surface area contributed by atoms with Gasteiger partial charge in [0.05, 0.1) is 12.0 Å². The summed E-state index contributed by atoms with van der Waals surface area (Å²) in [5.41, 5.74) is 0. The van der Waals surface area contributed by atoms with Crippen LogP contribution in [0.1, 0.15) is 20.8 Å². The van der Waals surface area contributed by atoms with Gasteiger partial charge in [-0.05, 0) is 17.8 Å². The van der Waals surface area contributed by atoms with Crippen molar-refractivity contribution in [3.8, 4) is 6.07 Å². The van der Waals surface area contributed by atoms with Gasteiger partial charge in [-0.1, -0.05) is 20.8 Å². The van der Waals surface area contributed by atoms with Gasteiger partial charge >= 0.3 is 0 Å². The van der Waals surface area contributed by atoms with Gasteiger partial charge in [-0.15, -0.1) is 0 Å². The molecule has 0 radical (unpaired) electrons. The molecule has 2 aliphatic rings. The van der Waals surface area contributed by atoms with E-state index in [4.69, 9.17) is 5.26 Å². The summed E-state index contributed by atoms with van der Waals surface area (Å²) in [5, 5.41) is 8.64. The van der Waals surface area contributed by atoms with Crippen LogP contribution in [0.2, 0.25) is 0 Å². The lowest BCUT2D eigenvalue weighted by Crippen LogP contribution is -2.50. The zero-order valence-electron chi connectivity index (χ0n) is 9.60. The Morgan fingerprint density at radius 1 is 1.47 bits per heavy atom. The molecule has 1 aliphatic heterocycles. The van der Waals surface area contributed by atoms with E-state index in [-0.39, 0.29) is 17.7 Å². The fourth-order valence-electron chi connectivity index (χ4n) is 2.86. The Balaban J connectivity index is 1.87. The Morgan fingerprint density at radius 2 is 2.07 bits per heavy atom. The normalized spacial score (nSPS) is 34.9. The summed E-state index contributed by atoms with van der Waals surface area (Å²) < 4.78 is 0. The molecule has 3 unspecified atom stereocenters. The van der Waals surface area contributed by atoms with Crippen molar-refractivity contribution >= 4 is 5.91 Å². The molecule has 2 rings (SSSR count). The van der Waals surface area contributed by atoms with Crippen molar-refractivity contribution in [2.24, 2.45) is 29.6 Å². The van der Waals surface area contributed by atoms with Crippen LogP contribution in [0.25, 0.3) is 0 Å². The molecule has 0 aromatic carbocycles. The maximum absolute atomic E-state index is 12.0. The van der Waals surface area contributed by atoms with E-state index in [0.717, 1.165) is 0 Å². The van der Waals surface area contributed by atoms with Crippen LogP contribution < -0.4 is 0 Å². The molecule has 1 aliphatic carbocycles. The molecule has 3 heteroatoms. The number of rotatable bonds is 2. The number of amides is 1. The number of hydrogen-bond acceptors (Lipinski definition) is 2. The molecule has 0 bridgehead atoms. The number of hydrogen-bond donors (Lipinski definition) is 0. The second-order valence-corrected chi connectivity index (χ2v) is 5.28. The molecule has 0 aromatic rings. The zero-order valence-corrected chi connectivity index (χ0v) is 9.60. The van der Waals surface area contributed by atoms with Gasteiger partial charge in [0.25, 0.3) is 0 Å². The Bertz CT molecular complexity index is 312. The predicted molar refractivity (Wildman–Crippen MR) is 56.7 cm³/mol. The summed E-state index contributed by atoms with van der Waals surface area (Å²) in [6.07, 6.45) is 0. The SMILES string of the molecule is CC(C)C1C(C)C1C(=O)N1CC(C#N)C1. The van der Waals surface area contributed by atoms with Crippen LogP contribution >= 0.6 is 0 Å². The number of carbonyl (C=O) groups is 1. The van der Waals surface area contributed by atoms with Crippen LogP contribution in [0.5, 0.6) is 0 Å². The third-order valence-electron chi connectivity index (χ3n) is 3.88. The molecular formula is C12H18N2O. The van der Waals surface area contributed by atoms with Gasteiger partial charge in [-0.25, -0.2) is 0 Å². The van der Waals surface area contributed by atoms with Gasteiger partial charge in [0, 0.05) is 19.0 Å². The van der Waals surface area contributed by atoms with Crippen LogP contribution in [0.4, 0.5) is 0 Å². The molecule has 1 saturated carbocycles. The number of nitrogens with zero attached hydrogens (tertiary/aromatic N) is 2. The molecule has 1 amide bonds. The third kappa shape index (κ3) is 1.62. The molecule has 3 nitrogen and oxygen atoms in total. The summed E-state index contributed by atoms with van der Waals surface area (Å²) in [6, 6.07) is 2.20. The highest BCUT2D eigenvalue weighted by Crippen LogP contribution is 2.51. The van der Waals surface area contributed by atoms with Gasteiger partial charge in [-0.2, -0.15) is 5.26 Å². The van der Waals surface area contributed by atoms with E-state index in [2.05, 4.69) is 26.8 Å². The molecule has 0 N–H and O–H groups in total. The fourth-order valence-corrected chi connectivity index (χ4v) is 2.86. The minimum atomic E-state index is 0.0838. The van der Waals surface area contributed by atoms with Gasteiger partial charge in [-0.3, -0.25) is 4.79 Å². The summed E-state index contributed by atoms with van der Waals surface area (Å²) in [7, 11) is 0. The summed E-state index contributed by atoms with van der Waals surface area (Å²) >= 11 is 0. The second-order valence-electron chi connectivity index (χ2n) is 5.28. The van der Waals surface area contributed by atoms with E-state index < -0.39 is 0 Å². The van der Waals surface area contributed by atoms with Crippen molar-refractivity contribution in [1.29, 1.82) is 5.26 Å². The van der Waals surface area contributed by atoms with E-state index >= 15 is 0 Å². The van der Waals surface area contributed by atoms with Crippen LogP contribution in [-0.4, -0.2) is 23.9 Å². The van der Waals surface area contributed by atoms with Crippen molar-refractivity contribution in [1.82, 2.24) is 4.90 Å². The van der Waals surface area contributed by atoms with Crippen LogP contribution in [0.3, 0.4) is 0 Å². The smallest absolute Gasteiger partial charge is 0.226 e. The molecule has 2 fully saturated rings. The lowest BCUT2D eigenvalue weighted by molar-refractivity contribution is -0.138.